The van der Waals surface area contributed by atoms with Gasteiger partial charge in [0.25, 0.3) is 0 Å². The molecule has 0 saturated carbocycles. The summed E-state index contributed by atoms with van der Waals surface area (Å²) in [5, 5.41) is 0. The van der Waals surface area contributed by atoms with Gasteiger partial charge in [-0.05, 0) is 89.2 Å². The molecule has 386 valence electrons. The molecule has 0 saturated heterocycles. The standard InChI is InChI=1S/C62H114O4/c1-7-13-19-25-31-37-45-53-61(51-43-35-29-23-17-11-5,54-46-38-32-26-20-14-8-2)65-59(63)57-49-41-42-50-58(57)60(64)66-62(52-44-36-30-24-18-12-6,55-47-39-33-27-21-15-9-3)56-48-40-34-28-22-16-10-4/h41-42,49-50H,7-40,43-48,51-56H2,1-6H3. The zero-order valence-corrected chi connectivity index (χ0v) is 45.5. The van der Waals surface area contributed by atoms with Crippen molar-refractivity contribution in [2.24, 2.45) is 0 Å². The van der Waals surface area contributed by atoms with Crippen LogP contribution in [0, 0.1) is 0 Å². The van der Waals surface area contributed by atoms with Crippen molar-refractivity contribution in [3.8, 4) is 0 Å². The fourth-order valence-electron chi connectivity index (χ4n) is 10.5. The van der Waals surface area contributed by atoms with Crippen LogP contribution in [0.2, 0.25) is 0 Å². The molecule has 0 aliphatic rings. The van der Waals surface area contributed by atoms with Crippen molar-refractivity contribution in [3.63, 3.8) is 0 Å². The third kappa shape index (κ3) is 32.1. The number of ether oxygens (including phenoxy) is 2. The van der Waals surface area contributed by atoms with E-state index in [9.17, 15) is 9.59 Å². The first-order valence-corrected chi connectivity index (χ1v) is 29.9. The molecule has 0 bridgehead atoms. The molecule has 0 atom stereocenters. The highest BCUT2D eigenvalue weighted by Gasteiger charge is 2.37. The van der Waals surface area contributed by atoms with Crippen LogP contribution in [-0.4, -0.2) is 23.1 Å². The molecule has 0 unspecified atom stereocenters. The summed E-state index contributed by atoms with van der Waals surface area (Å²) in [7, 11) is 0. The second kappa shape index (κ2) is 44.4. The van der Waals surface area contributed by atoms with E-state index >= 15 is 0 Å². The summed E-state index contributed by atoms with van der Waals surface area (Å²) in [6.07, 6.45) is 55.2. The van der Waals surface area contributed by atoms with Gasteiger partial charge in [-0.25, -0.2) is 9.59 Å². The number of esters is 2. The number of unbranched alkanes of at least 4 members (excludes halogenated alkanes) is 34. The summed E-state index contributed by atoms with van der Waals surface area (Å²) >= 11 is 0. The predicted octanol–water partition coefficient (Wildman–Crippen LogP) is 21.5. The monoisotopic (exact) mass is 923 g/mol. The van der Waals surface area contributed by atoms with Gasteiger partial charge in [0, 0.05) is 0 Å². The summed E-state index contributed by atoms with van der Waals surface area (Å²) in [6, 6.07) is 7.52. The van der Waals surface area contributed by atoms with E-state index in [1.54, 1.807) is 0 Å². The van der Waals surface area contributed by atoms with Crippen LogP contribution in [0.5, 0.6) is 0 Å². The van der Waals surface area contributed by atoms with Gasteiger partial charge in [0.05, 0.1) is 11.1 Å². The molecule has 66 heavy (non-hydrogen) atoms. The first-order chi connectivity index (χ1) is 32.4. The van der Waals surface area contributed by atoms with Gasteiger partial charge >= 0.3 is 11.9 Å². The fourth-order valence-corrected chi connectivity index (χ4v) is 10.5. The first kappa shape index (κ1) is 62.2. The SMILES string of the molecule is CCCCCCCCCC(CCCCCCCC)(CCCCCCCCC)OC(=O)c1ccccc1C(=O)OC(CCCCCCCC)(CCCCCCCCC)CCCCCCCCC. The Bertz CT molecular complexity index is 1090. The summed E-state index contributed by atoms with van der Waals surface area (Å²) in [4.78, 5) is 29.7. The van der Waals surface area contributed by atoms with E-state index in [0.29, 0.717) is 11.1 Å². The molecule has 1 aromatic rings. The second-order valence-electron chi connectivity index (χ2n) is 21.2. The number of hydrogen-bond donors (Lipinski definition) is 0. The zero-order chi connectivity index (χ0) is 48.1. The van der Waals surface area contributed by atoms with Crippen molar-refractivity contribution in [1.82, 2.24) is 0 Å². The van der Waals surface area contributed by atoms with Crippen LogP contribution in [0.3, 0.4) is 0 Å². The second-order valence-corrected chi connectivity index (χ2v) is 21.2. The van der Waals surface area contributed by atoms with Gasteiger partial charge in [-0.2, -0.15) is 0 Å². The van der Waals surface area contributed by atoms with E-state index in [-0.39, 0.29) is 11.9 Å². The molecule has 0 aromatic heterocycles. The maximum absolute atomic E-state index is 14.8. The van der Waals surface area contributed by atoms with Crippen molar-refractivity contribution < 1.29 is 19.1 Å². The first-order valence-electron chi connectivity index (χ1n) is 29.9. The Morgan fingerprint density at radius 3 is 0.636 bits per heavy atom. The minimum Gasteiger partial charge on any atom is -0.455 e. The van der Waals surface area contributed by atoms with Crippen molar-refractivity contribution in [3.05, 3.63) is 35.4 Å². The van der Waals surface area contributed by atoms with Crippen LogP contribution in [0.4, 0.5) is 0 Å². The lowest BCUT2D eigenvalue weighted by atomic mass is 9.84. The average molecular weight is 924 g/mol. The molecule has 1 rings (SSSR count). The third-order valence-electron chi connectivity index (χ3n) is 14.9. The molecule has 4 heteroatoms. The summed E-state index contributed by atoms with van der Waals surface area (Å²) in [6.45, 7) is 13.7. The number of rotatable bonds is 50. The number of benzene rings is 1. The Morgan fingerprint density at radius 1 is 0.288 bits per heavy atom. The van der Waals surface area contributed by atoms with E-state index in [4.69, 9.17) is 9.47 Å². The molecule has 0 spiro atoms. The van der Waals surface area contributed by atoms with Gasteiger partial charge < -0.3 is 9.47 Å². The van der Waals surface area contributed by atoms with E-state index in [1.807, 2.05) is 24.3 Å². The van der Waals surface area contributed by atoms with Crippen LogP contribution >= 0.6 is 0 Å². The Kier molecular flexibility index (Phi) is 41.8. The smallest absolute Gasteiger partial charge is 0.339 e. The van der Waals surface area contributed by atoms with E-state index < -0.39 is 11.2 Å². The molecule has 0 fully saturated rings. The van der Waals surface area contributed by atoms with Gasteiger partial charge in [-0.3, -0.25) is 0 Å². The minimum absolute atomic E-state index is 0.319. The Balaban J connectivity index is 3.50. The highest BCUT2D eigenvalue weighted by molar-refractivity contribution is 6.03. The molecular formula is C62H114O4. The molecule has 0 heterocycles. The summed E-state index contributed by atoms with van der Waals surface area (Å²) in [5.41, 5.74) is -0.202. The third-order valence-corrected chi connectivity index (χ3v) is 14.9. The van der Waals surface area contributed by atoms with E-state index in [0.717, 1.165) is 77.0 Å². The van der Waals surface area contributed by atoms with Gasteiger partial charge in [0.15, 0.2) is 0 Å². The molecular weight excluding hydrogens is 809 g/mol. The number of carbonyl (C=O) groups excluding carboxylic acids is 2. The van der Waals surface area contributed by atoms with E-state index in [2.05, 4.69) is 41.5 Å². The molecule has 0 amide bonds. The van der Waals surface area contributed by atoms with Crippen molar-refractivity contribution in [2.75, 3.05) is 0 Å². The number of hydrogen-bond acceptors (Lipinski definition) is 4. The van der Waals surface area contributed by atoms with Crippen molar-refractivity contribution in [1.29, 1.82) is 0 Å². The maximum Gasteiger partial charge on any atom is 0.339 e. The zero-order valence-electron chi connectivity index (χ0n) is 45.5. The lowest BCUT2D eigenvalue weighted by molar-refractivity contribution is -0.0400. The van der Waals surface area contributed by atoms with Crippen LogP contribution < -0.4 is 0 Å². The van der Waals surface area contributed by atoms with Gasteiger partial charge in [0.1, 0.15) is 11.2 Å². The molecule has 0 N–H and O–H groups in total. The quantitative estimate of drug-likeness (QED) is 0.0483. The summed E-state index contributed by atoms with van der Waals surface area (Å²) < 4.78 is 13.9. The minimum atomic E-state index is -0.499. The highest BCUT2D eigenvalue weighted by atomic mass is 16.6. The summed E-state index contributed by atoms with van der Waals surface area (Å²) in [5.74, 6) is -0.639. The molecule has 0 radical (unpaired) electrons. The van der Waals surface area contributed by atoms with Crippen molar-refractivity contribution in [2.45, 2.75) is 348 Å². The molecule has 0 aliphatic heterocycles. The lowest BCUT2D eigenvalue weighted by Crippen LogP contribution is -2.37. The Morgan fingerprint density at radius 2 is 0.455 bits per heavy atom. The van der Waals surface area contributed by atoms with Crippen molar-refractivity contribution >= 4 is 11.9 Å². The molecule has 4 nitrogen and oxygen atoms in total. The van der Waals surface area contributed by atoms with E-state index in [1.165, 1.54) is 218 Å². The topological polar surface area (TPSA) is 52.6 Å². The molecule has 1 aromatic carbocycles. The fraction of sp³-hybridized carbons (Fsp3) is 0.871. The highest BCUT2D eigenvalue weighted by Crippen LogP contribution is 2.37. The van der Waals surface area contributed by atoms with Crippen LogP contribution in [-0.2, 0) is 9.47 Å². The lowest BCUT2D eigenvalue weighted by Gasteiger charge is -2.36. The van der Waals surface area contributed by atoms with Gasteiger partial charge in [0.2, 0.25) is 0 Å². The Labute approximate surface area is 412 Å². The van der Waals surface area contributed by atoms with Gasteiger partial charge in [-0.15, -0.1) is 0 Å². The number of carbonyl (C=O) groups is 2. The normalized spacial score (nSPS) is 12.0. The predicted molar refractivity (Wildman–Crippen MR) is 289 cm³/mol. The Hall–Kier alpha value is -1.84. The van der Waals surface area contributed by atoms with Gasteiger partial charge in [-0.1, -0.05) is 272 Å². The maximum atomic E-state index is 14.8. The largest absolute Gasteiger partial charge is 0.455 e. The average Bonchev–Trinajstić information content (AvgIpc) is 3.32. The van der Waals surface area contributed by atoms with Crippen LogP contribution in [0.15, 0.2) is 24.3 Å². The molecule has 0 aliphatic carbocycles. The van der Waals surface area contributed by atoms with Crippen LogP contribution in [0.25, 0.3) is 0 Å². The van der Waals surface area contributed by atoms with Crippen LogP contribution in [0.1, 0.15) is 358 Å².